The van der Waals surface area contributed by atoms with E-state index in [9.17, 15) is 0 Å². The van der Waals surface area contributed by atoms with Gasteiger partial charge in [0.05, 0.1) is 0 Å². The second-order valence-electron chi connectivity index (χ2n) is 4.24. The molecule has 1 fully saturated rings. The van der Waals surface area contributed by atoms with Gasteiger partial charge in [-0.1, -0.05) is 42.0 Å². The Labute approximate surface area is 99.7 Å². The van der Waals surface area contributed by atoms with E-state index in [1.54, 1.807) is 0 Å². The van der Waals surface area contributed by atoms with Crippen molar-refractivity contribution in [2.45, 2.75) is 23.3 Å². The lowest BCUT2D eigenvalue weighted by molar-refractivity contribution is 0.509. The number of fused-ring (bicyclic) bond motifs is 2. The van der Waals surface area contributed by atoms with Crippen LogP contribution in [-0.2, 0) is 0 Å². The molecule has 1 aliphatic carbocycles. The number of hydrogen-bond acceptors (Lipinski definition) is 1. The number of allylic oxidation sites excluding steroid dienone is 1. The van der Waals surface area contributed by atoms with Crippen molar-refractivity contribution < 1.29 is 0 Å². The van der Waals surface area contributed by atoms with E-state index in [4.69, 9.17) is 11.6 Å². The van der Waals surface area contributed by atoms with E-state index in [-0.39, 0.29) is 0 Å². The molecule has 0 radical (unpaired) electrons. The normalized spacial score (nSPS) is 33.3. The largest absolute Gasteiger partial charge is 0.146 e. The molecule has 0 N–H and O–H groups in total. The summed E-state index contributed by atoms with van der Waals surface area (Å²) in [6.07, 6.45) is 7.42. The van der Waals surface area contributed by atoms with E-state index < -0.39 is 0 Å². The predicted molar refractivity (Wildman–Crippen MR) is 67.4 cm³/mol. The molecular weight excluding hydrogens is 224 g/mol. The SMILES string of the molecule is Clc1ccccc1[C@@H]1S[C@H]2C=C[C@@H]1CC2. The van der Waals surface area contributed by atoms with Gasteiger partial charge in [-0.15, -0.1) is 11.8 Å². The van der Waals surface area contributed by atoms with Gasteiger partial charge in [0.25, 0.3) is 0 Å². The van der Waals surface area contributed by atoms with E-state index in [1.807, 2.05) is 12.1 Å². The molecule has 2 aliphatic heterocycles. The van der Waals surface area contributed by atoms with Crippen molar-refractivity contribution in [2.24, 2.45) is 5.92 Å². The maximum Gasteiger partial charge on any atom is 0.0449 e. The van der Waals surface area contributed by atoms with Gasteiger partial charge >= 0.3 is 0 Å². The van der Waals surface area contributed by atoms with Gasteiger partial charge < -0.3 is 0 Å². The lowest BCUT2D eigenvalue weighted by Crippen LogP contribution is -2.24. The third kappa shape index (κ3) is 1.72. The van der Waals surface area contributed by atoms with Crippen LogP contribution >= 0.6 is 23.4 Å². The molecule has 0 nitrogen and oxygen atoms in total. The van der Waals surface area contributed by atoms with Crippen LogP contribution in [0.4, 0.5) is 0 Å². The van der Waals surface area contributed by atoms with Crippen LogP contribution < -0.4 is 0 Å². The summed E-state index contributed by atoms with van der Waals surface area (Å²) in [4.78, 5) is 0. The van der Waals surface area contributed by atoms with Gasteiger partial charge in [0, 0.05) is 15.5 Å². The van der Waals surface area contributed by atoms with E-state index in [1.165, 1.54) is 18.4 Å². The molecule has 0 saturated carbocycles. The zero-order valence-corrected chi connectivity index (χ0v) is 9.97. The van der Waals surface area contributed by atoms with Crippen LogP contribution in [0.5, 0.6) is 0 Å². The van der Waals surface area contributed by atoms with Crippen molar-refractivity contribution in [3.05, 3.63) is 47.0 Å². The monoisotopic (exact) mass is 236 g/mol. The molecule has 2 heteroatoms. The van der Waals surface area contributed by atoms with Gasteiger partial charge in [0.2, 0.25) is 0 Å². The van der Waals surface area contributed by atoms with Crippen LogP contribution in [0.25, 0.3) is 0 Å². The quantitative estimate of drug-likeness (QED) is 0.649. The average Bonchev–Trinajstić information content (AvgIpc) is 2.31. The standard InChI is InChI=1S/C13H13ClS/c14-12-4-2-1-3-11(12)13-9-5-7-10(15-13)8-6-9/h1-5,7,9-10,13H,6,8H2/t9-,10+,13-/m1/s1. The molecule has 0 amide bonds. The molecule has 0 unspecified atom stereocenters. The van der Waals surface area contributed by atoms with E-state index in [0.29, 0.717) is 11.2 Å². The Morgan fingerprint density at radius 2 is 2.00 bits per heavy atom. The highest BCUT2D eigenvalue weighted by Crippen LogP contribution is 2.51. The van der Waals surface area contributed by atoms with E-state index in [0.717, 1.165) is 10.3 Å². The maximum atomic E-state index is 6.26. The van der Waals surface area contributed by atoms with Gasteiger partial charge in [-0.05, 0) is 30.4 Å². The van der Waals surface area contributed by atoms with Crippen molar-refractivity contribution >= 4 is 23.4 Å². The average molecular weight is 237 g/mol. The highest BCUT2D eigenvalue weighted by atomic mass is 35.5. The summed E-state index contributed by atoms with van der Waals surface area (Å²) < 4.78 is 0. The van der Waals surface area contributed by atoms with Crippen molar-refractivity contribution in [1.29, 1.82) is 0 Å². The lowest BCUT2D eigenvalue weighted by Gasteiger charge is -2.38. The fourth-order valence-electron chi connectivity index (χ4n) is 2.48. The van der Waals surface area contributed by atoms with Crippen LogP contribution in [0.15, 0.2) is 36.4 Å². The maximum absolute atomic E-state index is 6.26. The first kappa shape index (κ1) is 9.80. The van der Waals surface area contributed by atoms with Crippen LogP contribution in [0.3, 0.4) is 0 Å². The molecule has 78 valence electrons. The Morgan fingerprint density at radius 3 is 2.60 bits per heavy atom. The van der Waals surface area contributed by atoms with Gasteiger partial charge in [-0.3, -0.25) is 0 Å². The summed E-state index contributed by atoms with van der Waals surface area (Å²) >= 11 is 8.33. The molecule has 1 aromatic carbocycles. The Balaban J connectivity index is 1.96. The molecule has 0 spiro atoms. The topological polar surface area (TPSA) is 0 Å². The third-order valence-corrected chi connectivity index (χ3v) is 5.26. The highest BCUT2D eigenvalue weighted by molar-refractivity contribution is 8.00. The van der Waals surface area contributed by atoms with Gasteiger partial charge in [-0.2, -0.15) is 0 Å². The Bertz CT molecular complexity index is 399. The molecule has 1 saturated heterocycles. The number of rotatable bonds is 1. The second kappa shape index (κ2) is 3.88. The minimum Gasteiger partial charge on any atom is -0.146 e. The molecular formula is C13H13ClS. The summed E-state index contributed by atoms with van der Waals surface area (Å²) in [6.45, 7) is 0. The van der Waals surface area contributed by atoms with Crippen molar-refractivity contribution in [3.8, 4) is 0 Å². The first-order valence-electron chi connectivity index (χ1n) is 5.43. The van der Waals surface area contributed by atoms with Crippen molar-refractivity contribution in [1.82, 2.24) is 0 Å². The van der Waals surface area contributed by atoms with E-state index in [2.05, 4.69) is 36.0 Å². The van der Waals surface area contributed by atoms with Crippen LogP contribution in [-0.4, -0.2) is 5.25 Å². The molecule has 0 aromatic heterocycles. The molecule has 1 aromatic rings. The molecule has 15 heavy (non-hydrogen) atoms. The number of benzene rings is 1. The first-order valence-corrected chi connectivity index (χ1v) is 6.75. The fourth-order valence-corrected chi connectivity index (χ4v) is 4.41. The zero-order valence-electron chi connectivity index (χ0n) is 8.40. The number of halogens is 1. The summed E-state index contributed by atoms with van der Waals surface area (Å²) in [5.41, 5.74) is 1.32. The minimum atomic E-state index is 0.586. The fraction of sp³-hybridized carbons (Fsp3) is 0.385. The second-order valence-corrected chi connectivity index (χ2v) is 6.04. The molecule has 2 heterocycles. The Morgan fingerprint density at radius 1 is 1.13 bits per heavy atom. The van der Waals surface area contributed by atoms with Crippen LogP contribution in [0.1, 0.15) is 23.7 Å². The highest BCUT2D eigenvalue weighted by Gasteiger charge is 2.34. The number of thioether (sulfide) groups is 1. The Hall–Kier alpha value is -0.400. The van der Waals surface area contributed by atoms with E-state index >= 15 is 0 Å². The number of hydrogen-bond donors (Lipinski definition) is 0. The van der Waals surface area contributed by atoms with Crippen molar-refractivity contribution in [3.63, 3.8) is 0 Å². The summed E-state index contributed by atoms with van der Waals surface area (Å²) in [6, 6.07) is 8.28. The Kier molecular flexibility index (Phi) is 2.53. The first-order chi connectivity index (χ1) is 7.34. The lowest BCUT2D eigenvalue weighted by atomic mass is 9.88. The molecule has 4 rings (SSSR count). The minimum absolute atomic E-state index is 0.586. The predicted octanol–water partition coefficient (Wildman–Crippen LogP) is 4.46. The van der Waals surface area contributed by atoms with Crippen molar-refractivity contribution in [2.75, 3.05) is 0 Å². The molecule has 3 atom stereocenters. The molecule has 2 bridgehead atoms. The van der Waals surface area contributed by atoms with Crippen LogP contribution in [0.2, 0.25) is 5.02 Å². The third-order valence-electron chi connectivity index (χ3n) is 3.28. The summed E-state index contributed by atoms with van der Waals surface area (Å²) in [7, 11) is 0. The van der Waals surface area contributed by atoms with Gasteiger partial charge in [0.1, 0.15) is 0 Å². The zero-order chi connectivity index (χ0) is 10.3. The summed E-state index contributed by atoms with van der Waals surface area (Å²) in [5, 5.41) is 2.23. The molecule has 3 aliphatic rings. The van der Waals surface area contributed by atoms with Gasteiger partial charge in [0.15, 0.2) is 0 Å². The summed E-state index contributed by atoms with van der Waals surface area (Å²) in [5.74, 6) is 0.694. The smallest absolute Gasteiger partial charge is 0.0449 e. The van der Waals surface area contributed by atoms with Gasteiger partial charge in [-0.25, -0.2) is 0 Å². The van der Waals surface area contributed by atoms with Crippen LogP contribution in [0, 0.1) is 5.92 Å².